The van der Waals surface area contributed by atoms with Crippen molar-refractivity contribution >= 4 is 41.2 Å². The van der Waals surface area contributed by atoms with E-state index in [1.54, 1.807) is 18.2 Å². The van der Waals surface area contributed by atoms with Crippen LogP contribution in [0.1, 0.15) is 43.0 Å². The Hall–Kier alpha value is -3.64. The maximum absolute atomic E-state index is 13.2. The first-order valence-electron chi connectivity index (χ1n) is 10.8. The number of carbonyl (C=O) groups is 3. The lowest BCUT2D eigenvalue weighted by Gasteiger charge is -2.26. The molecule has 1 N–H and O–H groups in total. The molecule has 2 aromatic carbocycles. The average molecular weight is 462 g/mol. The van der Waals surface area contributed by atoms with Gasteiger partial charge in [-0.3, -0.25) is 14.9 Å². The molecule has 168 valence electrons. The fraction of sp³-hybridized carbons (Fsp3) is 0.192. The lowest BCUT2D eigenvalue weighted by Crippen LogP contribution is -2.54. The number of amides is 4. The number of benzene rings is 2. The van der Waals surface area contributed by atoms with Crippen molar-refractivity contribution in [1.29, 1.82) is 0 Å². The lowest BCUT2D eigenvalue weighted by molar-refractivity contribution is -0.122. The summed E-state index contributed by atoms with van der Waals surface area (Å²) >= 11 is 6.28. The second-order valence-electron chi connectivity index (χ2n) is 8.01. The van der Waals surface area contributed by atoms with Gasteiger partial charge < -0.3 is 4.57 Å². The maximum atomic E-state index is 13.2. The van der Waals surface area contributed by atoms with Gasteiger partial charge in [0.25, 0.3) is 11.8 Å². The molecule has 0 spiro atoms. The van der Waals surface area contributed by atoms with Gasteiger partial charge in [-0.2, -0.15) is 0 Å². The number of rotatable bonds is 6. The normalized spacial score (nSPS) is 16.3. The molecule has 3 aromatic rings. The molecule has 1 aromatic heterocycles. The molecule has 2 heterocycles. The van der Waals surface area contributed by atoms with E-state index >= 15 is 0 Å². The SMILES string of the molecule is CCC(C)c1ccc(N2C(=O)NC(=O)/C(=C/c3cccn3Cc3ccccc3Cl)C2=O)cc1. The molecule has 0 radical (unpaired) electrons. The monoisotopic (exact) mass is 461 g/mol. The summed E-state index contributed by atoms with van der Waals surface area (Å²) in [5.74, 6) is -1.01. The van der Waals surface area contributed by atoms with Gasteiger partial charge in [-0.25, -0.2) is 9.69 Å². The first-order chi connectivity index (χ1) is 15.9. The number of hydrogen-bond acceptors (Lipinski definition) is 3. The number of nitrogens with zero attached hydrogens (tertiary/aromatic N) is 2. The summed E-state index contributed by atoms with van der Waals surface area (Å²) in [5, 5.41) is 2.91. The van der Waals surface area contributed by atoms with E-state index in [1.165, 1.54) is 6.08 Å². The van der Waals surface area contributed by atoms with Crippen LogP contribution in [-0.4, -0.2) is 22.4 Å². The van der Waals surface area contributed by atoms with Gasteiger partial charge in [0.2, 0.25) is 0 Å². The van der Waals surface area contributed by atoms with Gasteiger partial charge >= 0.3 is 6.03 Å². The number of urea groups is 1. The van der Waals surface area contributed by atoms with E-state index in [0.717, 1.165) is 22.4 Å². The van der Waals surface area contributed by atoms with Crippen LogP contribution in [0, 0.1) is 0 Å². The molecule has 6 nitrogen and oxygen atoms in total. The van der Waals surface area contributed by atoms with Crippen molar-refractivity contribution in [3.8, 4) is 0 Å². The standard InChI is InChI=1S/C26H24ClN3O3/c1-3-17(2)18-10-12-20(13-11-18)30-25(32)22(24(31)28-26(30)33)15-21-8-6-14-29(21)16-19-7-4-5-9-23(19)27/h4-15,17H,3,16H2,1-2H3,(H,28,31,33)/b22-15-. The van der Waals surface area contributed by atoms with Crippen LogP contribution >= 0.6 is 11.6 Å². The summed E-state index contributed by atoms with van der Waals surface area (Å²) in [7, 11) is 0. The first-order valence-corrected chi connectivity index (χ1v) is 11.2. The van der Waals surface area contributed by atoms with Crippen LogP contribution in [0.3, 0.4) is 0 Å². The summed E-state index contributed by atoms with van der Waals surface area (Å²) in [6, 6.07) is 17.6. The van der Waals surface area contributed by atoms with Crippen LogP contribution in [0.25, 0.3) is 6.08 Å². The number of barbiturate groups is 1. The number of anilines is 1. The molecular weight excluding hydrogens is 438 g/mol. The van der Waals surface area contributed by atoms with Crippen molar-refractivity contribution in [2.45, 2.75) is 32.7 Å². The zero-order valence-corrected chi connectivity index (χ0v) is 19.2. The Labute approximate surface area is 197 Å². The Morgan fingerprint density at radius 2 is 1.73 bits per heavy atom. The number of nitrogens with one attached hydrogen (secondary N) is 1. The molecule has 33 heavy (non-hydrogen) atoms. The van der Waals surface area contributed by atoms with Gasteiger partial charge in [0.05, 0.1) is 5.69 Å². The molecule has 0 bridgehead atoms. The highest BCUT2D eigenvalue weighted by Gasteiger charge is 2.37. The minimum absolute atomic E-state index is 0.111. The van der Waals surface area contributed by atoms with E-state index < -0.39 is 17.8 Å². The molecule has 1 aliphatic rings. The van der Waals surface area contributed by atoms with Gasteiger partial charge in [0.15, 0.2) is 0 Å². The van der Waals surface area contributed by atoms with Crippen molar-refractivity contribution in [2.24, 2.45) is 0 Å². The third-order valence-corrected chi connectivity index (χ3v) is 6.26. The van der Waals surface area contributed by atoms with Crippen LogP contribution in [0.2, 0.25) is 5.02 Å². The Balaban J connectivity index is 1.64. The highest BCUT2D eigenvalue weighted by molar-refractivity contribution is 6.39. The topological polar surface area (TPSA) is 71.4 Å². The van der Waals surface area contributed by atoms with Crippen molar-refractivity contribution in [3.63, 3.8) is 0 Å². The van der Waals surface area contributed by atoms with Crippen molar-refractivity contribution in [3.05, 3.63) is 94.3 Å². The van der Waals surface area contributed by atoms with Gasteiger partial charge in [0, 0.05) is 23.5 Å². The Bertz CT molecular complexity index is 1240. The zero-order valence-electron chi connectivity index (χ0n) is 18.4. The van der Waals surface area contributed by atoms with Crippen LogP contribution in [0.5, 0.6) is 0 Å². The first kappa shape index (κ1) is 22.6. The molecule has 0 saturated carbocycles. The molecule has 4 amide bonds. The third-order valence-electron chi connectivity index (χ3n) is 5.89. The van der Waals surface area contributed by atoms with E-state index in [2.05, 4.69) is 19.2 Å². The highest BCUT2D eigenvalue weighted by Crippen LogP contribution is 2.26. The minimum Gasteiger partial charge on any atom is -0.343 e. The predicted molar refractivity (Wildman–Crippen MR) is 129 cm³/mol. The third kappa shape index (κ3) is 4.61. The highest BCUT2D eigenvalue weighted by atomic mass is 35.5. The smallest absolute Gasteiger partial charge is 0.335 e. The molecule has 1 fully saturated rings. The summed E-state index contributed by atoms with van der Waals surface area (Å²) in [5.41, 5.74) is 2.98. The van der Waals surface area contributed by atoms with Crippen LogP contribution in [0.15, 0.2) is 72.4 Å². The molecule has 4 rings (SSSR count). The van der Waals surface area contributed by atoms with Gasteiger partial charge in [-0.15, -0.1) is 0 Å². The van der Waals surface area contributed by atoms with E-state index in [-0.39, 0.29) is 5.57 Å². The summed E-state index contributed by atoms with van der Waals surface area (Å²) < 4.78 is 1.89. The zero-order chi connectivity index (χ0) is 23.5. The quantitative estimate of drug-likeness (QED) is 0.396. The Morgan fingerprint density at radius 1 is 1.00 bits per heavy atom. The maximum Gasteiger partial charge on any atom is 0.335 e. The van der Waals surface area contributed by atoms with Crippen molar-refractivity contribution in [1.82, 2.24) is 9.88 Å². The number of hydrogen-bond donors (Lipinski definition) is 1. The van der Waals surface area contributed by atoms with Gasteiger partial charge in [-0.1, -0.05) is 55.8 Å². The van der Waals surface area contributed by atoms with Crippen molar-refractivity contribution in [2.75, 3.05) is 4.90 Å². The number of aromatic nitrogens is 1. The molecule has 1 unspecified atom stereocenters. The van der Waals surface area contributed by atoms with Crippen LogP contribution < -0.4 is 10.2 Å². The van der Waals surface area contributed by atoms with Crippen LogP contribution in [-0.2, 0) is 16.1 Å². The van der Waals surface area contributed by atoms with E-state index in [4.69, 9.17) is 11.6 Å². The summed E-state index contributed by atoms with van der Waals surface area (Å²) in [4.78, 5) is 39.3. The molecular formula is C26H24ClN3O3. The predicted octanol–water partition coefficient (Wildman–Crippen LogP) is 5.37. The van der Waals surface area contributed by atoms with Gasteiger partial charge in [0.1, 0.15) is 5.57 Å². The van der Waals surface area contributed by atoms with Crippen LogP contribution in [0.4, 0.5) is 10.5 Å². The molecule has 1 atom stereocenters. The summed E-state index contributed by atoms with van der Waals surface area (Å²) in [6.45, 7) is 4.69. The van der Waals surface area contributed by atoms with Crippen molar-refractivity contribution < 1.29 is 14.4 Å². The van der Waals surface area contributed by atoms with Gasteiger partial charge in [-0.05, 0) is 59.9 Å². The van der Waals surface area contributed by atoms with E-state index in [1.807, 2.05) is 53.2 Å². The average Bonchev–Trinajstić information content (AvgIpc) is 3.24. The number of imide groups is 2. The Morgan fingerprint density at radius 3 is 2.42 bits per heavy atom. The fourth-order valence-electron chi connectivity index (χ4n) is 3.74. The van der Waals surface area contributed by atoms with E-state index in [9.17, 15) is 14.4 Å². The molecule has 1 saturated heterocycles. The van der Waals surface area contributed by atoms with E-state index in [0.29, 0.717) is 28.9 Å². The second-order valence-corrected chi connectivity index (χ2v) is 8.42. The number of carbonyl (C=O) groups excluding carboxylic acids is 3. The number of halogens is 1. The summed E-state index contributed by atoms with van der Waals surface area (Å²) in [6.07, 6.45) is 4.33. The molecule has 0 aliphatic carbocycles. The minimum atomic E-state index is -0.759. The Kier molecular flexibility index (Phi) is 6.47. The second kappa shape index (κ2) is 9.46. The molecule has 7 heteroatoms. The largest absolute Gasteiger partial charge is 0.343 e. The molecule has 1 aliphatic heterocycles. The lowest BCUT2D eigenvalue weighted by atomic mass is 9.98. The fourth-order valence-corrected chi connectivity index (χ4v) is 3.94.